The Morgan fingerprint density at radius 1 is 1.08 bits per heavy atom. The first-order valence-electron chi connectivity index (χ1n) is 8.64. The normalized spacial score (nSPS) is 32.2. The highest BCUT2D eigenvalue weighted by Crippen LogP contribution is 2.65. The van der Waals surface area contributed by atoms with Crippen molar-refractivity contribution >= 4 is 29.7 Å². The number of urea groups is 1. The highest BCUT2D eigenvalue weighted by Gasteiger charge is 2.72. The van der Waals surface area contributed by atoms with Gasteiger partial charge in [-0.15, -0.1) is 11.8 Å². The predicted octanol–water partition coefficient (Wildman–Crippen LogP) is 2.76. The van der Waals surface area contributed by atoms with E-state index in [1.807, 2.05) is 27.7 Å². The molecule has 0 bridgehead atoms. The molecule has 2 amide bonds. The van der Waals surface area contributed by atoms with Crippen molar-refractivity contribution in [2.45, 2.75) is 64.5 Å². The third-order valence-electron chi connectivity index (χ3n) is 5.31. The summed E-state index contributed by atoms with van der Waals surface area (Å²) in [5, 5.41) is 24.7. The van der Waals surface area contributed by atoms with Gasteiger partial charge in [-0.25, -0.2) is 4.79 Å². The summed E-state index contributed by atoms with van der Waals surface area (Å²) >= 11 is 1.07. The second-order valence-electron chi connectivity index (χ2n) is 7.45. The molecule has 1 aliphatic heterocycles. The molecule has 1 rings (SSSR count). The van der Waals surface area contributed by atoms with Gasteiger partial charge in [-0.3, -0.25) is 9.59 Å². The van der Waals surface area contributed by atoms with Crippen LogP contribution in [0.1, 0.15) is 54.4 Å². The molecule has 1 heterocycles. The molecule has 0 radical (unpaired) electrons. The molecule has 0 aromatic rings. The molecule has 0 saturated carbocycles. The average molecular weight is 375 g/mol. The molecule has 1 saturated heterocycles. The van der Waals surface area contributed by atoms with E-state index in [2.05, 4.69) is 10.6 Å². The molecular weight excluding hydrogens is 344 g/mol. The lowest BCUT2D eigenvalue weighted by atomic mass is 9.60. The number of carbonyl (C=O) groups is 3. The molecule has 4 atom stereocenters. The van der Waals surface area contributed by atoms with Crippen molar-refractivity contribution in [2.75, 3.05) is 6.54 Å². The second-order valence-corrected chi connectivity index (χ2v) is 8.80. The topological polar surface area (TPSA) is 116 Å². The van der Waals surface area contributed by atoms with E-state index in [1.54, 1.807) is 13.8 Å². The van der Waals surface area contributed by atoms with Gasteiger partial charge in [-0.05, 0) is 18.8 Å². The van der Waals surface area contributed by atoms with Crippen LogP contribution in [-0.4, -0.2) is 44.8 Å². The Bertz CT molecular complexity index is 548. The van der Waals surface area contributed by atoms with Crippen LogP contribution in [0, 0.1) is 16.7 Å². The van der Waals surface area contributed by atoms with Crippen LogP contribution >= 0.6 is 11.8 Å². The van der Waals surface area contributed by atoms with Gasteiger partial charge in [0.15, 0.2) is 0 Å². The number of carboxylic acid groups (broad SMARTS) is 2. The quantitative estimate of drug-likeness (QED) is 0.568. The lowest BCUT2D eigenvalue weighted by Gasteiger charge is -2.44. The van der Waals surface area contributed by atoms with Gasteiger partial charge in [-0.1, -0.05) is 41.0 Å². The summed E-state index contributed by atoms with van der Waals surface area (Å²) in [4.78, 5) is 36.8. The summed E-state index contributed by atoms with van der Waals surface area (Å²) in [6.07, 6.45) is 0.625. The van der Waals surface area contributed by atoms with E-state index in [0.29, 0.717) is 13.0 Å². The van der Waals surface area contributed by atoms with Crippen molar-refractivity contribution in [3.8, 4) is 0 Å². The van der Waals surface area contributed by atoms with E-state index in [9.17, 15) is 24.6 Å². The van der Waals surface area contributed by atoms with E-state index in [4.69, 9.17) is 0 Å². The Balaban J connectivity index is 3.59. The summed E-state index contributed by atoms with van der Waals surface area (Å²) in [5.74, 6) is -2.73. The zero-order valence-electron chi connectivity index (χ0n) is 15.8. The van der Waals surface area contributed by atoms with E-state index < -0.39 is 44.8 Å². The van der Waals surface area contributed by atoms with Crippen LogP contribution in [0.4, 0.5) is 4.79 Å². The summed E-state index contributed by atoms with van der Waals surface area (Å²) in [7, 11) is 0. The van der Waals surface area contributed by atoms with E-state index in [-0.39, 0.29) is 6.42 Å². The predicted molar refractivity (Wildman–Crippen MR) is 97.6 cm³/mol. The Hall–Kier alpha value is -1.44. The number of hydrogen-bond acceptors (Lipinski definition) is 4. The molecule has 4 unspecified atom stereocenters. The third kappa shape index (κ3) is 3.20. The molecule has 25 heavy (non-hydrogen) atoms. The van der Waals surface area contributed by atoms with Crippen LogP contribution in [0.3, 0.4) is 0 Å². The minimum absolute atomic E-state index is 0.232. The average Bonchev–Trinajstić information content (AvgIpc) is 2.78. The number of aliphatic carboxylic acids is 2. The van der Waals surface area contributed by atoms with Crippen molar-refractivity contribution in [3.05, 3.63) is 0 Å². The standard InChI is InChI=1S/C17H30N2O5S/c1-7-10-16(8-2,12(20)21)11(19-14(24)18-9-3)25-17(10,13(22)23)15(4,5)6/h10-11H,7-9H2,1-6H3,(H,20,21)(H,22,23)(H2,18,19,24). The summed E-state index contributed by atoms with van der Waals surface area (Å²) < 4.78 is -1.32. The number of thioether (sulfide) groups is 1. The number of amides is 2. The summed E-state index contributed by atoms with van der Waals surface area (Å²) in [6.45, 7) is 11.2. The molecule has 1 fully saturated rings. The number of nitrogens with one attached hydrogen (secondary N) is 2. The minimum Gasteiger partial charge on any atom is -0.481 e. The van der Waals surface area contributed by atoms with Crippen LogP contribution in [0.2, 0.25) is 0 Å². The second kappa shape index (κ2) is 7.43. The molecule has 4 N–H and O–H groups in total. The van der Waals surface area contributed by atoms with Crippen molar-refractivity contribution in [3.63, 3.8) is 0 Å². The fraction of sp³-hybridized carbons (Fsp3) is 0.824. The molecular formula is C17H30N2O5S. The smallest absolute Gasteiger partial charge is 0.320 e. The van der Waals surface area contributed by atoms with Gasteiger partial charge in [0, 0.05) is 12.5 Å². The fourth-order valence-electron chi connectivity index (χ4n) is 4.12. The Kier molecular flexibility index (Phi) is 6.42. The Morgan fingerprint density at radius 2 is 1.64 bits per heavy atom. The molecule has 144 valence electrons. The maximum absolute atomic E-state index is 12.4. The van der Waals surface area contributed by atoms with Crippen molar-refractivity contribution < 1.29 is 24.6 Å². The molecule has 0 aromatic heterocycles. The Labute approximate surface area is 153 Å². The zero-order chi connectivity index (χ0) is 19.6. The molecule has 0 aromatic carbocycles. The first kappa shape index (κ1) is 21.6. The first-order valence-corrected chi connectivity index (χ1v) is 9.52. The van der Waals surface area contributed by atoms with Crippen LogP contribution in [0.5, 0.6) is 0 Å². The van der Waals surface area contributed by atoms with Gasteiger partial charge in [0.05, 0.1) is 5.37 Å². The third-order valence-corrected chi connectivity index (χ3v) is 7.52. The molecule has 1 aliphatic rings. The minimum atomic E-state index is -1.35. The van der Waals surface area contributed by atoms with Gasteiger partial charge >= 0.3 is 18.0 Å². The van der Waals surface area contributed by atoms with Crippen molar-refractivity contribution in [1.29, 1.82) is 0 Å². The molecule has 0 aliphatic carbocycles. The van der Waals surface area contributed by atoms with Crippen molar-refractivity contribution in [2.24, 2.45) is 16.7 Å². The number of carboxylic acids is 2. The first-order chi connectivity index (χ1) is 11.4. The van der Waals surface area contributed by atoms with Gasteiger partial charge < -0.3 is 20.8 Å². The summed E-state index contributed by atoms with van der Waals surface area (Å²) in [6, 6.07) is -0.482. The highest BCUT2D eigenvalue weighted by atomic mass is 32.2. The van der Waals surface area contributed by atoms with Gasteiger partial charge in [0.2, 0.25) is 0 Å². The Morgan fingerprint density at radius 3 is 1.96 bits per heavy atom. The monoisotopic (exact) mass is 374 g/mol. The molecule has 0 spiro atoms. The van der Waals surface area contributed by atoms with Gasteiger partial charge in [0.25, 0.3) is 0 Å². The molecule has 7 nitrogen and oxygen atoms in total. The van der Waals surface area contributed by atoms with Crippen LogP contribution in [-0.2, 0) is 9.59 Å². The van der Waals surface area contributed by atoms with E-state index in [1.165, 1.54) is 0 Å². The number of rotatable bonds is 6. The fourth-order valence-corrected chi connectivity index (χ4v) is 6.30. The SMILES string of the molecule is CCNC(=O)NC1SC(C(=O)O)(C(C)(C)C)C(CC)C1(CC)C(=O)O. The van der Waals surface area contributed by atoms with Crippen LogP contribution < -0.4 is 10.6 Å². The van der Waals surface area contributed by atoms with Crippen LogP contribution in [0.15, 0.2) is 0 Å². The van der Waals surface area contributed by atoms with Crippen LogP contribution in [0.25, 0.3) is 0 Å². The lowest BCUT2D eigenvalue weighted by Crippen LogP contribution is -2.56. The van der Waals surface area contributed by atoms with E-state index in [0.717, 1.165) is 11.8 Å². The van der Waals surface area contributed by atoms with Gasteiger partial charge in [-0.2, -0.15) is 0 Å². The lowest BCUT2D eigenvalue weighted by molar-refractivity contribution is -0.158. The van der Waals surface area contributed by atoms with Gasteiger partial charge in [0.1, 0.15) is 10.2 Å². The molecule has 8 heteroatoms. The maximum Gasteiger partial charge on any atom is 0.320 e. The number of hydrogen-bond donors (Lipinski definition) is 4. The van der Waals surface area contributed by atoms with E-state index >= 15 is 0 Å². The zero-order valence-corrected chi connectivity index (χ0v) is 16.6. The maximum atomic E-state index is 12.4. The number of carbonyl (C=O) groups excluding carboxylic acids is 1. The van der Waals surface area contributed by atoms with Crippen molar-refractivity contribution in [1.82, 2.24) is 10.6 Å². The summed E-state index contributed by atoms with van der Waals surface area (Å²) in [5.41, 5.74) is -2.05. The highest BCUT2D eigenvalue weighted by molar-refractivity contribution is 8.02. The largest absolute Gasteiger partial charge is 0.481 e.